The summed E-state index contributed by atoms with van der Waals surface area (Å²) >= 11 is 5.86. The van der Waals surface area contributed by atoms with Crippen LogP contribution in [-0.2, 0) is 0 Å². The second kappa shape index (κ2) is 6.78. The van der Waals surface area contributed by atoms with Gasteiger partial charge in [0.2, 0.25) is 0 Å². The van der Waals surface area contributed by atoms with Gasteiger partial charge in [-0.3, -0.25) is 0 Å². The van der Waals surface area contributed by atoms with Crippen LogP contribution in [0.3, 0.4) is 0 Å². The molecule has 2 rings (SSSR count). The third-order valence-electron chi connectivity index (χ3n) is 3.57. The summed E-state index contributed by atoms with van der Waals surface area (Å²) in [7, 11) is 0. The van der Waals surface area contributed by atoms with Crippen LogP contribution in [0.5, 0.6) is 0 Å². The van der Waals surface area contributed by atoms with Crippen molar-refractivity contribution in [3.05, 3.63) is 28.8 Å². The first kappa shape index (κ1) is 15.6. The molecule has 0 aliphatic carbocycles. The summed E-state index contributed by atoms with van der Waals surface area (Å²) < 4.78 is 0. The molecule has 3 N–H and O–H groups in total. The number of aromatic carboxylic acids is 1. The number of rotatable bonds is 3. The Morgan fingerprint density at radius 2 is 2.14 bits per heavy atom. The van der Waals surface area contributed by atoms with Crippen molar-refractivity contribution in [2.24, 2.45) is 0 Å². The van der Waals surface area contributed by atoms with Gasteiger partial charge in [0.05, 0.1) is 23.4 Å². The lowest BCUT2D eigenvalue weighted by Gasteiger charge is -2.34. The fourth-order valence-electron chi connectivity index (χ4n) is 2.49. The van der Waals surface area contributed by atoms with E-state index in [-0.39, 0.29) is 28.9 Å². The third-order valence-corrected chi connectivity index (χ3v) is 3.88. The number of carbonyl (C=O) groups is 2. The minimum atomic E-state index is -1.20. The predicted octanol–water partition coefficient (Wildman–Crippen LogP) is 2.42. The molecule has 1 aromatic carbocycles. The minimum Gasteiger partial charge on any atom is -0.478 e. The van der Waals surface area contributed by atoms with Gasteiger partial charge in [-0.05, 0) is 31.4 Å². The quantitative estimate of drug-likeness (QED) is 0.799. The Morgan fingerprint density at radius 1 is 1.38 bits per heavy atom. The molecule has 0 saturated carbocycles. The van der Waals surface area contributed by atoms with Gasteiger partial charge in [0.25, 0.3) is 0 Å². The standard InChI is InChI=1S/C14H17ClN2O4/c15-10-5-3-6-11(12(10)13(19)20)16-14(21)17-7-2-1-4-9(17)8-18/h3,5-6,9,18H,1-2,4,7-8H2,(H,16,21)(H,19,20). The maximum atomic E-state index is 12.3. The van der Waals surface area contributed by atoms with E-state index in [1.807, 2.05) is 0 Å². The highest BCUT2D eigenvalue weighted by atomic mass is 35.5. The van der Waals surface area contributed by atoms with Crippen LogP contribution >= 0.6 is 11.6 Å². The number of hydrogen-bond donors (Lipinski definition) is 3. The van der Waals surface area contributed by atoms with E-state index in [0.717, 1.165) is 19.3 Å². The average molecular weight is 313 g/mol. The summed E-state index contributed by atoms with van der Waals surface area (Å²) in [4.78, 5) is 25.1. The summed E-state index contributed by atoms with van der Waals surface area (Å²) in [5, 5.41) is 21.1. The normalized spacial score (nSPS) is 18.4. The number of hydrogen-bond acceptors (Lipinski definition) is 3. The summed E-state index contributed by atoms with van der Waals surface area (Å²) in [6.45, 7) is 0.439. The van der Waals surface area contributed by atoms with E-state index in [1.54, 1.807) is 6.07 Å². The first-order valence-corrected chi connectivity index (χ1v) is 7.12. The smallest absolute Gasteiger partial charge is 0.339 e. The highest BCUT2D eigenvalue weighted by Crippen LogP contribution is 2.25. The molecule has 2 amide bonds. The zero-order valence-electron chi connectivity index (χ0n) is 11.4. The number of carboxylic acids is 1. The van der Waals surface area contributed by atoms with Crippen molar-refractivity contribution in [3.63, 3.8) is 0 Å². The van der Waals surface area contributed by atoms with Crippen LogP contribution in [0.25, 0.3) is 0 Å². The largest absolute Gasteiger partial charge is 0.478 e. The second-order valence-corrected chi connectivity index (χ2v) is 5.33. The molecule has 1 saturated heterocycles. The number of aliphatic hydroxyl groups excluding tert-OH is 1. The molecule has 0 radical (unpaired) electrons. The SMILES string of the molecule is O=C(O)c1c(Cl)cccc1NC(=O)N1CCCCC1CO. The summed E-state index contributed by atoms with van der Waals surface area (Å²) in [5.41, 5.74) is 0.0207. The van der Waals surface area contributed by atoms with E-state index in [0.29, 0.717) is 6.54 Å². The number of aliphatic hydroxyl groups is 1. The second-order valence-electron chi connectivity index (χ2n) is 4.92. The van der Waals surface area contributed by atoms with Crippen molar-refractivity contribution in [1.82, 2.24) is 4.90 Å². The number of halogens is 1. The van der Waals surface area contributed by atoms with E-state index >= 15 is 0 Å². The Labute approximate surface area is 127 Å². The van der Waals surface area contributed by atoms with Gasteiger partial charge >= 0.3 is 12.0 Å². The molecule has 0 spiro atoms. The Morgan fingerprint density at radius 3 is 2.81 bits per heavy atom. The van der Waals surface area contributed by atoms with Gasteiger partial charge in [0, 0.05) is 6.54 Å². The van der Waals surface area contributed by atoms with E-state index in [9.17, 15) is 19.8 Å². The van der Waals surface area contributed by atoms with Gasteiger partial charge in [-0.15, -0.1) is 0 Å². The summed E-state index contributed by atoms with van der Waals surface area (Å²) in [6, 6.07) is 3.87. The van der Waals surface area contributed by atoms with Crippen molar-refractivity contribution in [2.75, 3.05) is 18.5 Å². The third kappa shape index (κ3) is 3.46. The molecule has 1 fully saturated rings. The van der Waals surface area contributed by atoms with Gasteiger partial charge < -0.3 is 20.4 Å². The van der Waals surface area contributed by atoms with Crippen LogP contribution in [0.4, 0.5) is 10.5 Å². The lowest BCUT2D eigenvalue weighted by Crippen LogP contribution is -2.47. The number of nitrogens with zero attached hydrogens (tertiary/aromatic N) is 1. The molecule has 6 nitrogen and oxygen atoms in total. The molecule has 7 heteroatoms. The Balaban J connectivity index is 2.19. The molecular weight excluding hydrogens is 296 g/mol. The number of piperidine rings is 1. The fraction of sp³-hybridized carbons (Fsp3) is 0.429. The number of anilines is 1. The number of likely N-dealkylation sites (tertiary alicyclic amines) is 1. The lowest BCUT2D eigenvalue weighted by atomic mass is 10.0. The highest BCUT2D eigenvalue weighted by molar-refractivity contribution is 6.34. The van der Waals surface area contributed by atoms with Gasteiger partial charge in [-0.25, -0.2) is 9.59 Å². The van der Waals surface area contributed by atoms with Crippen LogP contribution in [0.2, 0.25) is 5.02 Å². The van der Waals surface area contributed by atoms with Gasteiger partial charge in [-0.2, -0.15) is 0 Å². The zero-order valence-corrected chi connectivity index (χ0v) is 12.1. The molecular formula is C14H17ClN2O4. The van der Waals surface area contributed by atoms with Crippen LogP contribution in [0.1, 0.15) is 29.6 Å². The molecule has 0 aromatic heterocycles. The van der Waals surface area contributed by atoms with Gasteiger partial charge in [0.15, 0.2) is 0 Å². The maximum absolute atomic E-state index is 12.3. The van der Waals surface area contributed by atoms with Crippen LogP contribution < -0.4 is 5.32 Å². The van der Waals surface area contributed by atoms with E-state index in [1.165, 1.54) is 17.0 Å². The molecule has 1 aromatic rings. The minimum absolute atomic E-state index is 0.0673. The Hall–Kier alpha value is -1.79. The van der Waals surface area contributed by atoms with Crippen LogP contribution in [0, 0.1) is 0 Å². The van der Waals surface area contributed by atoms with Crippen LogP contribution in [-0.4, -0.2) is 46.3 Å². The first-order valence-electron chi connectivity index (χ1n) is 6.75. The van der Waals surface area contributed by atoms with Crippen molar-refractivity contribution in [3.8, 4) is 0 Å². The first-order chi connectivity index (χ1) is 10.0. The molecule has 1 unspecified atom stereocenters. The van der Waals surface area contributed by atoms with Crippen molar-refractivity contribution >= 4 is 29.3 Å². The monoisotopic (exact) mass is 312 g/mol. The summed E-state index contributed by atoms with van der Waals surface area (Å²) in [6.07, 6.45) is 2.57. The van der Waals surface area contributed by atoms with Gasteiger partial charge in [-0.1, -0.05) is 17.7 Å². The van der Waals surface area contributed by atoms with E-state index in [4.69, 9.17) is 11.6 Å². The molecule has 21 heavy (non-hydrogen) atoms. The zero-order chi connectivity index (χ0) is 15.4. The lowest BCUT2D eigenvalue weighted by molar-refractivity contribution is 0.0698. The predicted molar refractivity (Wildman–Crippen MR) is 78.9 cm³/mol. The van der Waals surface area contributed by atoms with Crippen LogP contribution in [0.15, 0.2) is 18.2 Å². The topological polar surface area (TPSA) is 89.9 Å². The fourth-order valence-corrected chi connectivity index (χ4v) is 2.75. The van der Waals surface area contributed by atoms with E-state index in [2.05, 4.69) is 5.32 Å². The molecule has 0 bridgehead atoms. The Kier molecular flexibility index (Phi) is 5.03. The number of nitrogens with one attached hydrogen (secondary N) is 1. The molecule has 1 aliphatic heterocycles. The average Bonchev–Trinajstić information content (AvgIpc) is 2.46. The number of urea groups is 1. The highest BCUT2D eigenvalue weighted by Gasteiger charge is 2.27. The van der Waals surface area contributed by atoms with E-state index < -0.39 is 12.0 Å². The van der Waals surface area contributed by atoms with Crippen molar-refractivity contribution in [1.29, 1.82) is 0 Å². The number of carboxylic acid groups (broad SMARTS) is 1. The van der Waals surface area contributed by atoms with Crippen molar-refractivity contribution in [2.45, 2.75) is 25.3 Å². The molecule has 1 atom stereocenters. The molecule has 1 aliphatic rings. The number of carbonyl (C=O) groups excluding carboxylic acids is 1. The number of amides is 2. The Bertz CT molecular complexity index is 550. The summed E-state index contributed by atoms with van der Waals surface area (Å²) in [5.74, 6) is -1.20. The molecule has 1 heterocycles. The van der Waals surface area contributed by atoms with Crippen molar-refractivity contribution < 1.29 is 19.8 Å². The maximum Gasteiger partial charge on any atom is 0.339 e. The molecule has 114 valence electrons. The number of benzene rings is 1. The van der Waals surface area contributed by atoms with Gasteiger partial charge in [0.1, 0.15) is 5.56 Å².